The van der Waals surface area contributed by atoms with Crippen molar-refractivity contribution in [1.82, 2.24) is 0 Å². The smallest absolute Gasteiger partial charge is 0.190 e. The van der Waals surface area contributed by atoms with Crippen LogP contribution in [-0.4, -0.2) is 51.5 Å². The van der Waals surface area contributed by atoms with Crippen molar-refractivity contribution in [3.8, 4) is 0 Å². The van der Waals surface area contributed by atoms with E-state index >= 15 is 0 Å². The topological polar surface area (TPSA) is 112 Å². The molecule has 0 aromatic carbocycles. The first kappa shape index (κ1) is 19.9. The Morgan fingerprint density at radius 1 is 1.32 bits per heavy atom. The van der Waals surface area contributed by atoms with Gasteiger partial charge in [-0.1, -0.05) is 19.4 Å². The van der Waals surface area contributed by atoms with Crippen molar-refractivity contribution in [3.63, 3.8) is 0 Å². The maximum atomic E-state index is 12.4. The van der Waals surface area contributed by atoms with Crippen molar-refractivity contribution in [2.24, 2.45) is 34.5 Å². The van der Waals surface area contributed by atoms with Crippen LogP contribution in [0, 0.1) is 34.5 Å². The number of hydrogen-bond acceptors (Lipinski definition) is 6. The quantitative estimate of drug-likeness (QED) is 0.625. The van der Waals surface area contributed by atoms with Gasteiger partial charge in [0, 0.05) is 5.92 Å². The lowest BCUT2D eigenvalue weighted by Crippen LogP contribution is -2.64. The Bertz CT molecular complexity index is 758. The molecule has 4 aliphatic rings. The molecule has 0 heterocycles. The monoisotopic (exact) mass is 390 g/mol. The molecule has 0 radical (unpaired) electrons. The minimum atomic E-state index is -1.91. The highest BCUT2D eigenvalue weighted by atomic mass is 16.3. The zero-order valence-corrected chi connectivity index (χ0v) is 16.6. The Kier molecular flexibility index (Phi) is 4.49. The number of hydrogen-bond donors (Lipinski definition) is 3. The predicted molar refractivity (Wildman–Crippen MR) is 100 cm³/mol. The number of aldehydes is 1. The summed E-state index contributed by atoms with van der Waals surface area (Å²) in [4.78, 5) is 36.9. The fourth-order valence-electron chi connectivity index (χ4n) is 7.50. The van der Waals surface area contributed by atoms with Gasteiger partial charge in [-0.3, -0.25) is 9.59 Å². The Balaban J connectivity index is 1.78. The van der Waals surface area contributed by atoms with E-state index in [0.29, 0.717) is 19.1 Å². The van der Waals surface area contributed by atoms with Crippen molar-refractivity contribution < 1.29 is 29.7 Å². The normalized spacial score (nSPS) is 50.2. The summed E-state index contributed by atoms with van der Waals surface area (Å²) in [6, 6.07) is 0. The lowest BCUT2D eigenvalue weighted by Gasteiger charge is -2.60. The van der Waals surface area contributed by atoms with E-state index in [4.69, 9.17) is 0 Å². The summed E-state index contributed by atoms with van der Waals surface area (Å²) in [5.74, 6) is -1.00. The van der Waals surface area contributed by atoms with Crippen molar-refractivity contribution in [2.45, 2.75) is 64.1 Å². The van der Waals surface area contributed by atoms with Crippen LogP contribution in [0.5, 0.6) is 0 Å². The molecule has 3 fully saturated rings. The van der Waals surface area contributed by atoms with Gasteiger partial charge in [-0.2, -0.15) is 0 Å². The van der Waals surface area contributed by atoms with Crippen molar-refractivity contribution >= 4 is 17.9 Å². The molecule has 0 spiro atoms. The first-order valence-corrected chi connectivity index (χ1v) is 10.4. The molecular formula is C22H30O6. The van der Waals surface area contributed by atoms with Crippen molar-refractivity contribution in [2.75, 3.05) is 6.61 Å². The molecule has 0 aliphatic heterocycles. The SMILES string of the molecule is CC1C[C@@]2(C)C(=CC1=O)CC[C@@H]1[C@@H]2[C@@H](O)C[C@@]2(C=O)[C@H]1CC[C@]2(O)C(=O)CO. The summed E-state index contributed by atoms with van der Waals surface area (Å²) in [6.07, 6.45) is 4.42. The second kappa shape index (κ2) is 6.31. The highest BCUT2D eigenvalue weighted by Crippen LogP contribution is 2.67. The van der Waals surface area contributed by atoms with Crippen LogP contribution < -0.4 is 0 Å². The van der Waals surface area contributed by atoms with Gasteiger partial charge in [-0.15, -0.1) is 0 Å². The summed E-state index contributed by atoms with van der Waals surface area (Å²) in [5.41, 5.74) is -2.48. The number of aliphatic hydroxyl groups excluding tert-OH is 2. The minimum Gasteiger partial charge on any atom is -0.393 e. The highest BCUT2D eigenvalue weighted by molar-refractivity contribution is 5.94. The molecular weight excluding hydrogens is 360 g/mol. The molecule has 4 rings (SSSR count). The maximum Gasteiger partial charge on any atom is 0.190 e. The number of rotatable bonds is 3. The zero-order valence-electron chi connectivity index (χ0n) is 16.6. The van der Waals surface area contributed by atoms with E-state index in [1.54, 1.807) is 6.08 Å². The fourth-order valence-corrected chi connectivity index (χ4v) is 7.50. The third-order valence-electron chi connectivity index (χ3n) is 8.75. The summed E-state index contributed by atoms with van der Waals surface area (Å²) >= 11 is 0. The third-order valence-corrected chi connectivity index (χ3v) is 8.75. The molecule has 0 bridgehead atoms. The summed E-state index contributed by atoms with van der Waals surface area (Å²) in [5, 5.41) is 31.8. The number of aliphatic hydroxyl groups is 3. The second-order valence-electron chi connectivity index (χ2n) is 9.84. The molecule has 6 heteroatoms. The highest BCUT2D eigenvalue weighted by Gasteiger charge is 2.70. The number of fused-ring (bicyclic) bond motifs is 5. The molecule has 0 aromatic heterocycles. The second-order valence-corrected chi connectivity index (χ2v) is 9.84. The number of ketones is 2. The first-order valence-electron chi connectivity index (χ1n) is 10.4. The molecule has 0 amide bonds. The molecule has 3 N–H and O–H groups in total. The molecule has 1 unspecified atom stereocenters. The van der Waals surface area contributed by atoms with Gasteiger partial charge in [0.15, 0.2) is 11.6 Å². The van der Waals surface area contributed by atoms with Crippen LogP contribution in [0.25, 0.3) is 0 Å². The lowest BCUT2D eigenvalue weighted by molar-refractivity contribution is -0.186. The van der Waals surface area contributed by atoms with Gasteiger partial charge in [0.2, 0.25) is 0 Å². The molecule has 154 valence electrons. The number of carbonyl (C=O) groups excluding carboxylic acids is 3. The zero-order chi connectivity index (χ0) is 20.5. The first-order chi connectivity index (χ1) is 13.1. The van der Waals surface area contributed by atoms with Crippen molar-refractivity contribution in [3.05, 3.63) is 11.6 Å². The Hall–Kier alpha value is -1.37. The third kappa shape index (κ3) is 2.28. The largest absolute Gasteiger partial charge is 0.393 e. The summed E-state index contributed by atoms with van der Waals surface area (Å²) in [7, 11) is 0. The Labute approximate surface area is 165 Å². The average Bonchev–Trinajstić information content (AvgIpc) is 2.96. The standard InChI is InChI=1S/C22H30O6/c1-12-8-20(2)13(7-16(12)25)3-4-14-15-5-6-22(28,18(27)10-23)21(15,11-24)9-17(26)19(14)20/h7,11-12,14-15,17,19,23,26,28H,3-6,8-10H2,1-2H3/t12?,14-,15-,17-,19+,20-,21+,22-/m0/s1. The van der Waals surface area contributed by atoms with Crippen LogP contribution in [0.15, 0.2) is 11.6 Å². The molecule has 28 heavy (non-hydrogen) atoms. The molecule has 8 atom stereocenters. The van der Waals surface area contributed by atoms with E-state index in [9.17, 15) is 29.7 Å². The van der Waals surface area contributed by atoms with E-state index in [1.165, 1.54) is 0 Å². The predicted octanol–water partition coefficient (Wildman–Crippen LogP) is 1.21. The lowest BCUT2D eigenvalue weighted by atomic mass is 9.44. The fraction of sp³-hybridized carbons (Fsp3) is 0.773. The van der Waals surface area contributed by atoms with E-state index in [-0.39, 0.29) is 47.7 Å². The maximum absolute atomic E-state index is 12.4. The van der Waals surface area contributed by atoms with Crippen LogP contribution >= 0.6 is 0 Å². The van der Waals surface area contributed by atoms with Gasteiger partial charge in [0.05, 0.1) is 11.5 Å². The van der Waals surface area contributed by atoms with Crippen LogP contribution in [-0.2, 0) is 14.4 Å². The van der Waals surface area contributed by atoms with Crippen LogP contribution in [0.1, 0.15) is 52.4 Å². The van der Waals surface area contributed by atoms with Gasteiger partial charge >= 0.3 is 0 Å². The molecule has 4 aliphatic carbocycles. The number of allylic oxidation sites excluding steroid dienone is 1. The number of Topliss-reactive ketones (excluding diaryl/α,β-unsaturated/α-hetero) is 1. The number of carbonyl (C=O) groups is 3. The summed E-state index contributed by atoms with van der Waals surface area (Å²) in [6.45, 7) is 3.23. The Morgan fingerprint density at radius 3 is 2.68 bits per heavy atom. The van der Waals surface area contributed by atoms with E-state index in [0.717, 1.165) is 18.4 Å². The van der Waals surface area contributed by atoms with Crippen molar-refractivity contribution in [1.29, 1.82) is 0 Å². The van der Waals surface area contributed by atoms with Gasteiger partial charge in [-0.25, -0.2) is 0 Å². The molecule has 0 aromatic rings. The van der Waals surface area contributed by atoms with Gasteiger partial charge in [0.25, 0.3) is 0 Å². The average molecular weight is 390 g/mol. The molecule has 6 nitrogen and oxygen atoms in total. The minimum absolute atomic E-state index is 0.00276. The van der Waals surface area contributed by atoms with Gasteiger partial charge < -0.3 is 20.1 Å². The van der Waals surface area contributed by atoms with Gasteiger partial charge in [0.1, 0.15) is 18.5 Å². The van der Waals surface area contributed by atoms with Crippen LogP contribution in [0.2, 0.25) is 0 Å². The Morgan fingerprint density at radius 2 is 2.04 bits per heavy atom. The van der Waals surface area contributed by atoms with E-state index in [1.807, 2.05) is 6.92 Å². The molecule has 0 saturated heterocycles. The van der Waals surface area contributed by atoms with Crippen LogP contribution in [0.3, 0.4) is 0 Å². The van der Waals surface area contributed by atoms with Gasteiger partial charge in [-0.05, 0) is 67.8 Å². The van der Waals surface area contributed by atoms with Crippen LogP contribution in [0.4, 0.5) is 0 Å². The van der Waals surface area contributed by atoms with E-state index < -0.39 is 29.5 Å². The summed E-state index contributed by atoms with van der Waals surface area (Å²) < 4.78 is 0. The van der Waals surface area contributed by atoms with E-state index in [2.05, 4.69) is 6.92 Å². The molecule has 3 saturated carbocycles.